The first kappa shape index (κ1) is 14.0. The second-order valence-electron chi connectivity index (χ2n) is 4.80. The molecular formula is C15H13ClFN3O. The molecule has 2 atom stereocenters. The molecule has 0 amide bonds. The van der Waals surface area contributed by atoms with Gasteiger partial charge in [-0.15, -0.1) is 0 Å². The van der Waals surface area contributed by atoms with Gasteiger partial charge >= 0.3 is 0 Å². The Balaban J connectivity index is 1.99. The minimum absolute atomic E-state index is 0.0637. The van der Waals surface area contributed by atoms with Crippen LogP contribution in [0.2, 0.25) is 5.15 Å². The number of anilines is 1. The average Bonchev–Trinajstić information content (AvgIpc) is 2.92. The molecule has 1 N–H and O–H groups in total. The third-order valence-electron chi connectivity index (χ3n) is 3.54. The van der Waals surface area contributed by atoms with Crippen molar-refractivity contribution in [3.63, 3.8) is 0 Å². The highest BCUT2D eigenvalue weighted by Gasteiger charge is 2.34. The lowest BCUT2D eigenvalue weighted by Crippen LogP contribution is -2.37. The number of pyridine rings is 1. The Labute approximate surface area is 126 Å². The zero-order valence-electron chi connectivity index (χ0n) is 11.0. The Kier molecular flexibility index (Phi) is 3.86. The third kappa shape index (κ3) is 2.75. The molecule has 2 unspecified atom stereocenters. The van der Waals surface area contributed by atoms with E-state index in [-0.39, 0.29) is 11.9 Å². The van der Waals surface area contributed by atoms with Crippen molar-refractivity contribution < 1.29 is 9.18 Å². The van der Waals surface area contributed by atoms with Gasteiger partial charge in [-0.1, -0.05) is 11.6 Å². The van der Waals surface area contributed by atoms with Gasteiger partial charge in [0.15, 0.2) is 6.29 Å². The lowest BCUT2D eigenvalue weighted by molar-refractivity contribution is -0.109. The number of carbonyl (C=O) groups is 1. The Bertz CT molecular complexity index is 650. The number of rotatable bonds is 3. The van der Waals surface area contributed by atoms with Crippen LogP contribution in [0.5, 0.6) is 0 Å². The first-order valence-corrected chi connectivity index (χ1v) is 6.91. The molecule has 0 saturated carbocycles. The molecule has 4 nitrogen and oxygen atoms in total. The minimum Gasteiger partial charge on any atom is -0.341 e. The van der Waals surface area contributed by atoms with Crippen LogP contribution in [-0.4, -0.2) is 24.0 Å². The molecule has 21 heavy (non-hydrogen) atoms. The number of aromatic nitrogens is 1. The molecular weight excluding hydrogens is 293 g/mol. The highest BCUT2D eigenvalue weighted by Crippen LogP contribution is 2.32. The summed E-state index contributed by atoms with van der Waals surface area (Å²) in [5.74, 6) is -0.308. The lowest BCUT2D eigenvalue weighted by Gasteiger charge is -2.29. The SMILES string of the molecule is O=CC1NCC(c2ccnc(Cl)c2)N1c1ccc(F)cc1. The third-order valence-corrected chi connectivity index (χ3v) is 3.75. The highest BCUT2D eigenvalue weighted by atomic mass is 35.5. The number of nitrogens with zero attached hydrogens (tertiary/aromatic N) is 2. The summed E-state index contributed by atoms with van der Waals surface area (Å²) in [6.45, 7) is 0.598. The van der Waals surface area contributed by atoms with Gasteiger partial charge in [0.25, 0.3) is 0 Å². The van der Waals surface area contributed by atoms with Crippen LogP contribution in [0, 0.1) is 5.82 Å². The van der Waals surface area contributed by atoms with E-state index in [2.05, 4.69) is 10.3 Å². The van der Waals surface area contributed by atoms with Crippen molar-refractivity contribution in [1.82, 2.24) is 10.3 Å². The quantitative estimate of drug-likeness (QED) is 0.699. The summed E-state index contributed by atoms with van der Waals surface area (Å²) in [4.78, 5) is 17.2. The standard InChI is InChI=1S/C15H13ClFN3O/c16-14-7-10(5-6-18-14)13-8-19-15(9-21)20(13)12-3-1-11(17)2-4-12/h1-7,9,13,15,19H,8H2. The summed E-state index contributed by atoms with van der Waals surface area (Å²) in [6, 6.07) is 9.66. The van der Waals surface area contributed by atoms with Gasteiger partial charge in [0.2, 0.25) is 0 Å². The second kappa shape index (κ2) is 5.79. The molecule has 2 heterocycles. The largest absolute Gasteiger partial charge is 0.341 e. The topological polar surface area (TPSA) is 45.2 Å². The maximum absolute atomic E-state index is 13.1. The van der Waals surface area contributed by atoms with E-state index in [1.54, 1.807) is 24.4 Å². The Morgan fingerprint density at radius 2 is 2.10 bits per heavy atom. The average molecular weight is 306 g/mol. The predicted molar refractivity (Wildman–Crippen MR) is 78.7 cm³/mol. The van der Waals surface area contributed by atoms with E-state index in [1.165, 1.54) is 12.1 Å². The van der Waals surface area contributed by atoms with Crippen LogP contribution >= 0.6 is 11.6 Å². The van der Waals surface area contributed by atoms with Gasteiger partial charge in [0.05, 0.1) is 6.04 Å². The molecule has 1 aliphatic heterocycles. The van der Waals surface area contributed by atoms with Gasteiger partial charge in [-0.3, -0.25) is 10.1 Å². The van der Waals surface area contributed by atoms with Crippen LogP contribution in [0.15, 0.2) is 42.6 Å². The highest BCUT2D eigenvalue weighted by molar-refractivity contribution is 6.29. The molecule has 1 aliphatic rings. The van der Waals surface area contributed by atoms with Crippen molar-refractivity contribution in [3.8, 4) is 0 Å². The van der Waals surface area contributed by atoms with E-state index in [4.69, 9.17) is 11.6 Å². The summed E-state index contributed by atoms with van der Waals surface area (Å²) in [5.41, 5.74) is 1.73. The van der Waals surface area contributed by atoms with Crippen LogP contribution in [0.1, 0.15) is 11.6 Å². The number of hydrogen-bond donors (Lipinski definition) is 1. The van der Waals surface area contributed by atoms with Gasteiger partial charge < -0.3 is 4.90 Å². The van der Waals surface area contributed by atoms with E-state index in [0.717, 1.165) is 17.5 Å². The first-order valence-electron chi connectivity index (χ1n) is 6.53. The van der Waals surface area contributed by atoms with Crippen LogP contribution in [0.4, 0.5) is 10.1 Å². The van der Waals surface area contributed by atoms with E-state index in [9.17, 15) is 9.18 Å². The first-order chi connectivity index (χ1) is 10.2. The van der Waals surface area contributed by atoms with Crippen LogP contribution in [0.3, 0.4) is 0 Å². The van der Waals surface area contributed by atoms with Gasteiger partial charge in [-0.05, 0) is 42.0 Å². The maximum Gasteiger partial charge on any atom is 0.157 e. The number of hydrogen-bond acceptors (Lipinski definition) is 4. The molecule has 1 saturated heterocycles. The van der Waals surface area contributed by atoms with Crippen molar-refractivity contribution in [2.75, 3.05) is 11.4 Å². The summed E-state index contributed by atoms with van der Waals surface area (Å²) in [7, 11) is 0. The van der Waals surface area contributed by atoms with Crippen molar-refractivity contribution >= 4 is 23.6 Å². The second-order valence-corrected chi connectivity index (χ2v) is 5.19. The fraction of sp³-hybridized carbons (Fsp3) is 0.200. The van der Waals surface area contributed by atoms with Gasteiger partial charge in [0.1, 0.15) is 17.1 Å². The van der Waals surface area contributed by atoms with Crippen LogP contribution in [0.25, 0.3) is 0 Å². The van der Waals surface area contributed by atoms with Crippen LogP contribution < -0.4 is 10.2 Å². The summed E-state index contributed by atoms with van der Waals surface area (Å²) >= 11 is 5.94. The fourth-order valence-corrected chi connectivity index (χ4v) is 2.78. The van der Waals surface area contributed by atoms with E-state index < -0.39 is 6.17 Å². The zero-order valence-corrected chi connectivity index (χ0v) is 11.8. The van der Waals surface area contributed by atoms with Crippen molar-refractivity contribution in [1.29, 1.82) is 0 Å². The van der Waals surface area contributed by atoms with Crippen LogP contribution in [-0.2, 0) is 4.79 Å². The Morgan fingerprint density at radius 1 is 1.33 bits per heavy atom. The number of nitrogens with one attached hydrogen (secondary N) is 1. The molecule has 1 aromatic heterocycles. The molecule has 6 heteroatoms. The number of aldehydes is 1. The summed E-state index contributed by atoms with van der Waals surface area (Å²) in [6.07, 6.45) is 2.02. The van der Waals surface area contributed by atoms with E-state index >= 15 is 0 Å². The number of halogens is 2. The van der Waals surface area contributed by atoms with Crippen molar-refractivity contribution in [3.05, 3.63) is 59.1 Å². The molecule has 1 fully saturated rings. The van der Waals surface area contributed by atoms with Gasteiger partial charge in [-0.25, -0.2) is 9.37 Å². The molecule has 0 radical (unpaired) electrons. The number of carbonyl (C=O) groups excluding carboxylic acids is 1. The molecule has 108 valence electrons. The fourth-order valence-electron chi connectivity index (χ4n) is 2.59. The minimum atomic E-state index is -0.451. The smallest absolute Gasteiger partial charge is 0.157 e. The molecule has 1 aromatic carbocycles. The normalized spacial score (nSPS) is 21.5. The summed E-state index contributed by atoms with van der Waals surface area (Å²) < 4.78 is 13.1. The van der Waals surface area contributed by atoms with Gasteiger partial charge in [-0.2, -0.15) is 0 Å². The molecule has 0 aliphatic carbocycles. The Morgan fingerprint density at radius 3 is 2.76 bits per heavy atom. The molecule has 2 aromatic rings. The molecule has 0 spiro atoms. The molecule has 0 bridgehead atoms. The lowest BCUT2D eigenvalue weighted by atomic mass is 10.1. The monoisotopic (exact) mass is 305 g/mol. The van der Waals surface area contributed by atoms with E-state index in [0.29, 0.717) is 11.7 Å². The summed E-state index contributed by atoms with van der Waals surface area (Å²) in [5, 5.41) is 3.54. The zero-order chi connectivity index (χ0) is 14.8. The van der Waals surface area contributed by atoms with Gasteiger partial charge in [0, 0.05) is 18.4 Å². The molecule has 3 rings (SSSR count). The van der Waals surface area contributed by atoms with Crippen molar-refractivity contribution in [2.45, 2.75) is 12.2 Å². The Hall–Kier alpha value is -1.98. The van der Waals surface area contributed by atoms with Crippen molar-refractivity contribution in [2.24, 2.45) is 0 Å². The van der Waals surface area contributed by atoms with E-state index in [1.807, 2.05) is 11.0 Å². The predicted octanol–water partition coefficient (Wildman–Crippen LogP) is 2.55. The number of benzene rings is 1. The maximum atomic E-state index is 13.1.